The average molecular weight is 431 g/mol. The van der Waals surface area contributed by atoms with Crippen molar-refractivity contribution in [3.05, 3.63) is 35.9 Å². The molecule has 7 heteroatoms. The van der Waals surface area contributed by atoms with Crippen molar-refractivity contribution in [2.24, 2.45) is 0 Å². The molecule has 0 bridgehead atoms. The van der Waals surface area contributed by atoms with Crippen LogP contribution in [0.15, 0.2) is 30.3 Å². The van der Waals surface area contributed by atoms with Crippen LogP contribution in [-0.4, -0.2) is 53.8 Å². The van der Waals surface area contributed by atoms with E-state index in [9.17, 15) is 14.4 Å². The van der Waals surface area contributed by atoms with E-state index in [1.165, 1.54) is 0 Å². The van der Waals surface area contributed by atoms with Gasteiger partial charge in [-0.25, -0.2) is 0 Å². The van der Waals surface area contributed by atoms with Crippen LogP contribution < -0.4 is 16.0 Å². The fraction of sp³-hybridized carbons (Fsp3) is 0.625. The van der Waals surface area contributed by atoms with Crippen LogP contribution in [-0.2, 0) is 20.9 Å². The van der Waals surface area contributed by atoms with Gasteiger partial charge >= 0.3 is 0 Å². The van der Waals surface area contributed by atoms with Gasteiger partial charge in [-0.15, -0.1) is 0 Å². The molecule has 2 heterocycles. The molecular weight excluding hydrogens is 392 g/mol. The molecule has 0 aliphatic carbocycles. The van der Waals surface area contributed by atoms with Gasteiger partial charge in [-0.2, -0.15) is 0 Å². The van der Waals surface area contributed by atoms with E-state index in [2.05, 4.69) is 16.0 Å². The monoisotopic (exact) mass is 430 g/mol. The first-order valence-electron chi connectivity index (χ1n) is 11.6. The number of hydrogen-bond donors (Lipinski definition) is 3. The maximum absolute atomic E-state index is 13.3. The molecule has 0 radical (unpaired) electrons. The number of benzene rings is 1. The number of fused-ring (bicyclic) bond motifs is 1. The van der Waals surface area contributed by atoms with Gasteiger partial charge in [0.15, 0.2) is 0 Å². The summed E-state index contributed by atoms with van der Waals surface area (Å²) in [6.07, 6.45) is 4.94. The molecule has 31 heavy (non-hydrogen) atoms. The maximum atomic E-state index is 13.3. The Labute approximate surface area is 186 Å². The van der Waals surface area contributed by atoms with Crippen LogP contribution in [0, 0.1) is 0 Å². The fourth-order valence-electron chi connectivity index (χ4n) is 4.25. The zero-order chi connectivity index (χ0) is 22.8. The van der Waals surface area contributed by atoms with Crippen molar-refractivity contribution >= 4 is 17.7 Å². The maximum Gasteiger partial charge on any atom is 0.246 e. The molecule has 1 aromatic rings. The lowest BCUT2D eigenvalue weighted by Crippen LogP contribution is -2.57. The van der Waals surface area contributed by atoms with Gasteiger partial charge in [-0.1, -0.05) is 57.0 Å². The standard InChI is InChI=1S/C22H32N4O3.C2H6/c1-15(23-2)20(27)25-18-11-7-6-10-17-12-13-19(26(17)22(18)29)21(28)24-14-16-8-4-3-5-9-16;1-2/h3-5,8-9,15,17-19,23H,6-7,10-14H2,1-2H3,(H,24,28)(H,25,27);1-2H3. The molecule has 2 aliphatic rings. The van der Waals surface area contributed by atoms with Gasteiger partial charge in [0, 0.05) is 12.6 Å². The van der Waals surface area contributed by atoms with E-state index in [1.54, 1.807) is 18.9 Å². The predicted octanol–water partition coefficient (Wildman–Crippen LogP) is 2.36. The summed E-state index contributed by atoms with van der Waals surface area (Å²) >= 11 is 0. The molecule has 0 spiro atoms. The molecule has 3 N–H and O–H groups in total. The summed E-state index contributed by atoms with van der Waals surface area (Å²) in [5.41, 5.74) is 1.03. The average Bonchev–Trinajstić information content (AvgIpc) is 3.22. The number of carbonyl (C=O) groups excluding carboxylic acids is 3. The second-order valence-corrected chi connectivity index (χ2v) is 8.05. The summed E-state index contributed by atoms with van der Waals surface area (Å²) in [7, 11) is 1.72. The summed E-state index contributed by atoms with van der Waals surface area (Å²) in [5, 5.41) is 8.78. The Morgan fingerprint density at radius 3 is 2.42 bits per heavy atom. The quantitative estimate of drug-likeness (QED) is 0.646. The lowest BCUT2D eigenvalue weighted by molar-refractivity contribution is -0.144. The van der Waals surface area contributed by atoms with Crippen LogP contribution in [0.2, 0.25) is 0 Å². The third kappa shape index (κ3) is 6.53. The Morgan fingerprint density at radius 2 is 1.74 bits per heavy atom. The Morgan fingerprint density at radius 1 is 1.06 bits per heavy atom. The molecule has 0 aromatic heterocycles. The highest BCUT2D eigenvalue weighted by atomic mass is 16.2. The molecule has 172 valence electrons. The highest BCUT2D eigenvalue weighted by Gasteiger charge is 2.43. The molecule has 2 saturated heterocycles. The van der Waals surface area contributed by atoms with Crippen molar-refractivity contribution < 1.29 is 14.4 Å². The van der Waals surface area contributed by atoms with Gasteiger partial charge in [0.1, 0.15) is 12.1 Å². The van der Waals surface area contributed by atoms with Crippen LogP contribution in [0.25, 0.3) is 0 Å². The minimum Gasteiger partial charge on any atom is -0.350 e. The van der Waals surface area contributed by atoms with E-state index in [0.717, 1.165) is 31.2 Å². The van der Waals surface area contributed by atoms with Crippen LogP contribution in [0.5, 0.6) is 0 Å². The molecule has 2 fully saturated rings. The van der Waals surface area contributed by atoms with Crippen LogP contribution >= 0.6 is 0 Å². The number of nitrogens with zero attached hydrogens (tertiary/aromatic N) is 1. The summed E-state index contributed by atoms with van der Waals surface area (Å²) in [6, 6.07) is 8.43. The first-order valence-corrected chi connectivity index (χ1v) is 11.6. The SMILES string of the molecule is CC.CNC(C)C(=O)NC1CCCCC2CCC(C(=O)NCc3ccccc3)N2C1=O. The topological polar surface area (TPSA) is 90.5 Å². The predicted molar refractivity (Wildman–Crippen MR) is 122 cm³/mol. The number of amides is 3. The largest absolute Gasteiger partial charge is 0.350 e. The van der Waals surface area contributed by atoms with Crippen molar-refractivity contribution in [2.45, 2.75) is 90.0 Å². The highest BCUT2D eigenvalue weighted by molar-refractivity contribution is 5.93. The molecule has 1 aromatic carbocycles. The minimum atomic E-state index is -0.566. The van der Waals surface area contributed by atoms with Crippen molar-refractivity contribution in [1.82, 2.24) is 20.9 Å². The molecule has 3 rings (SSSR count). The van der Waals surface area contributed by atoms with Crippen LogP contribution in [0.4, 0.5) is 0 Å². The molecule has 3 amide bonds. The van der Waals surface area contributed by atoms with E-state index in [0.29, 0.717) is 19.4 Å². The molecular formula is C24H38N4O3. The summed E-state index contributed by atoms with van der Waals surface area (Å²) in [5.74, 6) is -0.421. The first kappa shape index (κ1) is 24.9. The normalized spacial score (nSPS) is 24.1. The minimum absolute atomic E-state index is 0.0800. The zero-order valence-corrected chi connectivity index (χ0v) is 19.3. The number of carbonyl (C=O) groups is 3. The third-order valence-corrected chi connectivity index (χ3v) is 6.09. The Bertz CT molecular complexity index is 725. The van der Waals surface area contributed by atoms with Gasteiger partial charge in [0.05, 0.1) is 6.04 Å². The van der Waals surface area contributed by atoms with Gasteiger partial charge in [-0.05, 0) is 45.2 Å². The molecule has 4 unspecified atom stereocenters. The van der Waals surface area contributed by atoms with Crippen LogP contribution in [0.3, 0.4) is 0 Å². The lowest BCUT2D eigenvalue weighted by Gasteiger charge is -2.35. The third-order valence-electron chi connectivity index (χ3n) is 6.09. The summed E-state index contributed by atoms with van der Waals surface area (Å²) < 4.78 is 0. The number of hydrogen-bond acceptors (Lipinski definition) is 4. The van der Waals surface area contributed by atoms with E-state index in [1.807, 2.05) is 44.2 Å². The zero-order valence-electron chi connectivity index (χ0n) is 19.3. The summed E-state index contributed by atoms with van der Waals surface area (Å²) in [6.45, 7) is 6.21. The van der Waals surface area contributed by atoms with Crippen LogP contribution in [0.1, 0.15) is 64.9 Å². The lowest BCUT2D eigenvalue weighted by atomic mass is 9.98. The van der Waals surface area contributed by atoms with Crippen molar-refractivity contribution in [1.29, 1.82) is 0 Å². The van der Waals surface area contributed by atoms with E-state index >= 15 is 0 Å². The molecule has 0 saturated carbocycles. The van der Waals surface area contributed by atoms with Crippen molar-refractivity contribution in [3.8, 4) is 0 Å². The smallest absolute Gasteiger partial charge is 0.246 e. The number of rotatable bonds is 6. The van der Waals surface area contributed by atoms with E-state index in [4.69, 9.17) is 0 Å². The van der Waals surface area contributed by atoms with E-state index < -0.39 is 12.1 Å². The van der Waals surface area contributed by atoms with Gasteiger partial charge < -0.3 is 20.9 Å². The van der Waals surface area contributed by atoms with Gasteiger partial charge in [0.2, 0.25) is 17.7 Å². The fourth-order valence-corrected chi connectivity index (χ4v) is 4.25. The number of likely N-dealkylation sites (N-methyl/N-ethyl adjacent to an activating group) is 1. The number of nitrogens with one attached hydrogen (secondary N) is 3. The molecule has 2 aliphatic heterocycles. The Hall–Kier alpha value is -2.41. The first-order chi connectivity index (χ1) is 15.0. The van der Waals surface area contributed by atoms with Crippen molar-refractivity contribution in [2.75, 3.05) is 7.05 Å². The second-order valence-electron chi connectivity index (χ2n) is 8.05. The molecule has 4 atom stereocenters. The second kappa shape index (κ2) is 12.4. The van der Waals surface area contributed by atoms with E-state index in [-0.39, 0.29) is 29.8 Å². The molecule has 7 nitrogen and oxygen atoms in total. The van der Waals surface area contributed by atoms with Gasteiger partial charge in [-0.3, -0.25) is 14.4 Å². The summed E-state index contributed by atoms with van der Waals surface area (Å²) in [4.78, 5) is 40.3. The Balaban J connectivity index is 0.00000166. The highest BCUT2D eigenvalue weighted by Crippen LogP contribution is 2.31. The Kier molecular flexibility index (Phi) is 9.98. The van der Waals surface area contributed by atoms with Crippen molar-refractivity contribution in [3.63, 3.8) is 0 Å². The van der Waals surface area contributed by atoms with Gasteiger partial charge in [0.25, 0.3) is 0 Å².